The van der Waals surface area contributed by atoms with Crippen LogP contribution in [0.15, 0.2) is 9.98 Å². The van der Waals surface area contributed by atoms with Crippen molar-refractivity contribution < 1.29 is 4.74 Å². The van der Waals surface area contributed by atoms with Gasteiger partial charge >= 0.3 is 0 Å². The lowest BCUT2D eigenvalue weighted by Gasteiger charge is -2.26. The Morgan fingerprint density at radius 3 is 1.62 bits per heavy atom. The van der Waals surface area contributed by atoms with E-state index in [4.69, 9.17) is 14.7 Å². The molecular weight excluding hydrogens is 260 g/mol. The molecule has 2 aliphatic rings. The van der Waals surface area contributed by atoms with Gasteiger partial charge in [0.1, 0.15) is 0 Å². The Hall–Kier alpha value is -0.700. The SMILES string of the molecule is COC1CCC(N=C(C)C(C)=NC2CCC(C)CC2)CC1. The van der Waals surface area contributed by atoms with Crippen LogP contribution in [0.5, 0.6) is 0 Å². The highest BCUT2D eigenvalue weighted by atomic mass is 16.5. The summed E-state index contributed by atoms with van der Waals surface area (Å²) in [5.41, 5.74) is 2.30. The summed E-state index contributed by atoms with van der Waals surface area (Å²) in [6, 6.07) is 1.02. The molecule has 0 N–H and O–H groups in total. The molecule has 3 nitrogen and oxygen atoms in total. The topological polar surface area (TPSA) is 34.0 Å². The predicted octanol–water partition coefficient (Wildman–Crippen LogP) is 4.44. The molecule has 0 radical (unpaired) electrons. The van der Waals surface area contributed by atoms with Gasteiger partial charge in [0.05, 0.1) is 29.6 Å². The molecule has 0 aromatic rings. The van der Waals surface area contributed by atoms with E-state index in [1.54, 1.807) is 0 Å². The van der Waals surface area contributed by atoms with E-state index in [2.05, 4.69) is 20.8 Å². The summed E-state index contributed by atoms with van der Waals surface area (Å²) in [5.74, 6) is 0.891. The average Bonchev–Trinajstić information content (AvgIpc) is 2.50. The minimum absolute atomic E-state index is 0.454. The molecule has 0 amide bonds. The molecule has 0 aliphatic heterocycles. The number of hydrogen-bond acceptors (Lipinski definition) is 3. The maximum absolute atomic E-state index is 5.43. The molecule has 0 unspecified atom stereocenters. The molecule has 2 saturated carbocycles. The van der Waals surface area contributed by atoms with Gasteiger partial charge in [0.25, 0.3) is 0 Å². The lowest BCUT2D eigenvalue weighted by Crippen LogP contribution is -2.24. The summed E-state index contributed by atoms with van der Waals surface area (Å²) in [6.07, 6.45) is 10.2. The minimum Gasteiger partial charge on any atom is -0.381 e. The molecule has 0 aromatic heterocycles. The van der Waals surface area contributed by atoms with Gasteiger partial charge in [-0.1, -0.05) is 6.92 Å². The van der Waals surface area contributed by atoms with Crippen molar-refractivity contribution in [2.75, 3.05) is 7.11 Å². The van der Waals surface area contributed by atoms with Crippen molar-refractivity contribution in [2.45, 2.75) is 90.3 Å². The van der Waals surface area contributed by atoms with Gasteiger partial charge in [0.2, 0.25) is 0 Å². The quantitative estimate of drug-likeness (QED) is 0.705. The maximum atomic E-state index is 5.43. The Bertz CT molecular complexity index is 373. The van der Waals surface area contributed by atoms with E-state index < -0.39 is 0 Å². The summed E-state index contributed by atoms with van der Waals surface area (Å²) >= 11 is 0. The van der Waals surface area contributed by atoms with Crippen LogP contribution in [0, 0.1) is 5.92 Å². The summed E-state index contributed by atoms with van der Waals surface area (Å²) in [6.45, 7) is 6.63. The fourth-order valence-corrected chi connectivity index (χ4v) is 3.52. The second-order valence-electron chi connectivity index (χ2n) is 7.01. The smallest absolute Gasteiger partial charge is 0.0573 e. The first-order valence-corrected chi connectivity index (χ1v) is 8.70. The van der Waals surface area contributed by atoms with Gasteiger partial charge < -0.3 is 4.74 Å². The molecule has 0 spiro atoms. The monoisotopic (exact) mass is 292 g/mol. The Morgan fingerprint density at radius 1 is 0.762 bits per heavy atom. The molecule has 0 saturated heterocycles. The van der Waals surface area contributed by atoms with Crippen molar-refractivity contribution in [3.8, 4) is 0 Å². The van der Waals surface area contributed by atoms with E-state index in [1.165, 1.54) is 25.7 Å². The van der Waals surface area contributed by atoms with Crippen molar-refractivity contribution in [3.05, 3.63) is 0 Å². The lowest BCUT2D eigenvalue weighted by atomic mass is 9.87. The molecular formula is C18H32N2O. The van der Waals surface area contributed by atoms with Gasteiger partial charge in [-0.15, -0.1) is 0 Å². The van der Waals surface area contributed by atoms with E-state index in [1.807, 2.05) is 7.11 Å². The van der Waals surface area contributed by atoms with Gasteiger partial charge in [-0.05, 0) is 71.1 Å². The number of nitrogens with zero attached hydrogens (tertiary/aromatic N) is 2. The largest absolute Gasteiger partial charge is 0.381 e. The average molecular weight is 292 g/mol. The van der Waals surface area contributed by atoms with Gasteiger partial charge in [-0.2, -0.15) is 0 Å². The molecule has 0 aromatic carbocycles. The fourth-order valence-electron chi connectivity index (χ4n) is 3.52. The fraction of sp³-hybridized carbons (Fsp3) is 0.889. The van der Waals surface area contributed by atoms with Crippen LogP contribution in [0.1, 0.15) is 72.1 Å². The zero-order valence-corrected chi connectivity index (χ0v) is 14.3. The summed E-state index contributed by atoms with van der Waals surface area (Å²) in [7, 11) is 1.82. The van der Waals surface area contributed by atoms with Crippen LogP contribution in [-0.2, 0) is 4.74 Å². The number of hydrogen-bond donors (Lipinski definition) is 0. The van der Waals surface area contributed by atoms with E-state index in [0.29, 0.717) is 18.2 Å². The third-order valence-electron chi connectivity index (χ3n) is 5.24. The van der Waals surface area contributed by atoms with Crippen molar-refractivity contribution in [2.24, 2.45) is 15.9 Å². The van der Waals surface area contributed by atoms with Gasteiger partial charge in [0.15, 0.2) is 0 Å². The predicted molar refractivity (Wildman–Crippen MR) is 90.7 cm³/mol. The normalized spacial score (nSPS) is 35.8. The molecule has 2 rings (SSSR count). The summed E-state index contributed by atoms with van der Waals surface area (Å²) < 4.78 is 5.43. The Kier molecular flexibility index (Phi) is 6.40. The standard InChI is InChI=1S/C18H32N2O/c1-13-5-7-16(8-6-13)19-14(2)15(3)20-17-9-11-18(21-4)12-10-17/h13,16-18H,5-12H2,1-4H3. The molecule has 3 heteroatoms. The number of methoxy groups -OCH3 is 1. The molecule has 0 bridgehead atoms. The molecule has 2 fully saturated rings. The number of aliphatic imine (C=N–C) groups is 2. The van der Waals surface area contributed by atoms with Crippen LogP contribution in [0.3, 0.4) is 0 Å². The van der Waals surface area contributed by atoms with Crippen molar-refractivity contribution >= 4 is 11.4 Å². The van der Waals surface area contributed by atoms with Crippen LogP contribution in [-0.4, -0.2) is 36.7 Å². The second kappa shape index (κ2) is 8.07. The Balaban J connectivity index is 1.86. The van der Waals surface area contributed by atoms with Gasteiger partial charge in [-0.25, -0.2) is 0 Å². The van der Waals surface area contributed by atoms with E-state index in [-0.39, 0.29) is 0 Å². The van der Waals surface area contributed by atoms with Gasteiger partial charge in [-0.3, -0.25) is 9.98 Å². The first kappa shape index (κ1) is 16.7. The first-order chi connectivity index (χ1) is 10.1. The summed E-state index contributed by atoms with van der Waals surface area (Å²) in [5, 5.41) is 0. The Morgan fingerprint density at radius 2 is 1.19 bits per heavy atom. The van der Waals surface area contributed by atoms with Gasteiger partial charge in [0, 0.05) is 7.11 Å². The highest BCUT2D eigenvalue weighted by molar-refractivity contribution is 6.40. The zero-order chi connectivity index (χ0) is 15.2. The minimum atomic E-state index is 0.454. The summed E-state index contributed by atoms with van der Waals surface area (Å²) in [4.78, 5) is 9.84. The molecule has 120 valence electrons. The second-order valence-corrected chi connectivity index (χ2v) is 7.01. The first-order valence-electron chi connectivity index (χ1n) is 8.70. The van der Waals surface area contributed by atoms with Crippen LogP contribution < -0.4 is 0 Å². The van der Waals surface area contributed by atoms with Crippen molar-refractivity contribution in [1.29, 1.82) is 0 Å². The molecule has 0 heterocycles. The van der Waals surface area contributed by atoms with Crippen LogP contribution in [0.2, 0.25) is 0 Å². The van der Waals surface area contributed by atoms with E-state index >= 15 is 0 Å². The zero-order valence-electron chi connectivity index (χ0n) is 14.3. The van der Waals surface area contributed by atoms with Crippen LogP contribution >= 0.6 is 0 Å². The van der Waals surface area contributed by atoms with Crippen molar-refractivity contribution in [1.82, 2.24) is 0 Å². The van der Waals surface area contributed by atoms with Crippen molar-refractivity contribution in [3.63, 3.8) is 0 Å². The van der Waals surface area contributed by atoms with Crippen LogP contribution in [0.25, 0.3) is 0 Å². The maximum Gasteiger partial charge on any atom is 0.0573 e. The number of rotatable bonds is 4. The molecule has 2 aliphatic carbocycles. The van der Waals surface area contributed by atoms with E-state index in [9.17, 15) is 0 Å². The number of ether oxygens (including phenoxy) is 1. The third-order valence-corrected chi connectivity index (χ3v) is 5.24. The lowest BCUT2D eigenvalue weighted by molar-refractivity contribution is 0.0667. The van der Waals surface area contributed by atoms with E-state index in [0.717, 1.165) is 43.0 Å². The highest BCUT2D eigenvalue weighted by Gasteiger charge is 2.21. The highest BCUT2D eigenvalue weighted by Crippen LogP contribution is 2.26. The van der Waals surface area contributed by atoms with Crippen LogP contribution in [0.4, 0.5) is 0 Å². The molecule has 21 heavy (non-hydrogen) atoms. The third kappa shape index (κ3) is 5.21. The Labute approximate surface area is 130 Å². The molecule has 0 atom stereocenters.